The molecular weight excluding hydrogens is 248 g/mol. The van der Waals surface area contributed by atoms with Gasteiger partial charge in [0.2, 0.25) is 11.0 Å². The van der Waals surface area contributed by atoms with Gasteiger partial charge in [0.1, 0.15) is 5.51 Å². The summed E-state index contributed by atoms with van der Waals surface area (Å²) in [7, 11) is 0. The summed E-state index contributed by atoms with van der Waals surface area (Å²) < 4.78 is 0. The molecule has 0 aliphatic carbocycles. The fourth-order valence-corrected chi connectivity index (χ4v) is 2.15. The van der Waals surface area contributed by atoms with Crippen molar-refractivity contribution >= 4 is 34.8 Å². The van der Waals surface area contributed by atoms with Crippen LogP contribution in [0.25, 0.3) is 0 Å². The van der Waals surface area contributed by atoms with Gasteiger partial charge in [-0.1, -0.05) is 11.3 Å². The molecule has 5 nitrogen and oxygen atoms in total. The molecule has 1 aromatic heterocycles. The van der Waals surface area contributed by atoms with Crippen molar-refractivity contribution in [2.75, 3.05) is 11.9 Å². The van der Waals surface area contributed by atoms with Crippen LogP contribution in [-0.4, -0.2) is 28.2 Å². The summed E-state index contributed by atoms with van der Waals surface area (Å²) in [6, 6.07) is 0. The average molecular weight is 263 g/mol. The van der Waals surface area contributed by atoms with E-state index < -0.39 is 5.54 Å². The standard InChI is InChI=1S/C9H14N4OS.ClH/c1-9(4-2-3-5-10-9)7(14)12-8-13-11-6-15-8;/h6,10H,2-5H2,1H3,(H,12,13,14);1H. The third-order valence-corrected chi connectivity index (χ3v) is 3.31. The van der Waals surface area contributed by atoms with Crippen molar-refractivity contribution < 1.29 is 4.79 Å². The van der Waals surface area contributed by atoms with E-state index in [1.807, 2.05) is 6.92 Å². The summed E-state index contributed by atoms with van der Waals surface area (Å²) in [5.74, 6) is -0.0149. The van der Waals surface area contributed by atoms with E-state index in [1.54, 1.807) is 5.51 Å². The number of hydrogen-bond donors (Lipinski definition) is 2. The van der Waals surface area contributed by atoms with Gasteiger partial charge in [-0.05, 0) is 32.7 Å². The predicted molar refractivity (Wildman–Crippen MR) is 66.0 cm³/mol. The van der Waals surface area contributed by atoms with Gasteiger partial charge in [0.05, 0.1) is 5.54 Å². The number of amides is 1. The van der Waals surface area contributed by atoms with Crippen molar-refractivity contribution in [2.24, 2.45) is 0 Å². The molecule has 2 heterocycles. The Bertz CT molecular complexity index is 337. The van der Waals surface area contributed by atoms with Crippen LogP contribution in [0.2, 0.25) is 0 Å². The molecule has 1 atom stereocenters. The Hall–Kier alpha value is -0.720. The number of halogens is 1. The van der Waals surface area contributed by atoms with Crippen LogP contribution in [0.15, 0.2) is 5.51 Å². The van der Waals surface area contributed by atoms with E-state index in [-0.39, 0.29) is 18.3 Å². The third-order valence-electron chi connectivity index (χ3n) is 2.70. The number of piperidine rings is 1. The third kappa shape index (κ3) is 2.90. The van der Waals surface area contributed by atoms with Crippen molar-refractivity contribution in [3.05, 3.63) is 5.51 Å². The van der Waals surface area contributed by atoms with Gasteiger partial charge < -0.3 is 5.32 Å². The van der Waals surface area contributed by atoms with E-state index in [2.05, 4.69) is 20.8 Å². The minimum atomic E-state index is -0.454. The molecule has 90 valence electrons. The Morgan fingerprint density at radius 1 is 1.62 bits per heavy atom. The van der Waals surface area contributed by atoms with Crippen LogP contribution >= 0.6 is 23.7 Å². The van der Waals surface area contributed by atoms with Crippen molar-refractivity contribution in [3.8, 4) is 0 Å². The van der Waals surface area contributed by atoms with E-state index in [9.17, 15) is 4.79 Å². The van der Waals surface area contributed by atoms with Crippen LogP contribution < -0.4 is 10.6 Å². The number of nitrogens with one attached hydrogen (secondary N) is 2. The Labute approximate surface area is 104 Å². The number of aromatic nitrogens is 2. The number of carbonyl (C=O) groups excluding carboxylic acids is 1. The minimum Gasteiger partial charge on any atom is -0.304 e. The van der Waals surface area contributed by atoms with Crippen LogP contribution in [0.4, 0.5) is 5.13 Å². The lowest BCUT2D eigenvalue weighted by molar-refractivity contribution is -0.122. The zero-order valence-electron chi connectivity index (χ0n) is 9.02. The molecule has 7 heteroatoms. The summed E-state index contributed by atoms with van der Waals surface area (Å²) in [5.41, 5.74) is 1.15. The van der Waals surface area contributed by atoms with Crippen molar-refractivity contribution in [1.29, 1.82) is 0 Å². The second kappa shape index (κ2) is 5.56. The lowest BCUT2D eigenvalue weighted by atomic mass is 9.90. The summed E-state index contributed by atoms with van der Waals surface area (Å²) in [6.45, 7) is 2.84. The monoisotopic (exact) mass is 262 g/mol. The van der Waals surface area contributed by atoms with Crippen LogP contribution in [0.5, 0.6) is 0 Å². The molecule has 1 saturated heterocycles. The molecule has 1 aliphatic rings. The number of carbonyl (C=O) groups is 1. The average Bonchev–Trinajstić information content (AvgIpc) is 2.71. The van der Waals surface area contributed by atoms with E-state index in [0.29, 0.717) is 5.13 Å². The Morgan fingerprint density at radius 2 is 2.44 bits per heavy atom. The van der Waals surface area contributed by atoms with E-state index >= 15 is 0 Å². The highest BCUT2D eigenvalue weighted by Crippen LogP contribution is 2.21. The number of anilines is 1. The molecule has 1 aromatic rings. The Morgan fingerprint density at radius 3 is 3.00 bits per heavy atom. The van der Waals surface area contributed by atoms with E-state index in [0.717, 1.165) is 25.8 Å². The summed E-state index contributed by atoms with van der Waals surface area (Å²) in [5, 5.41) is 14.1. The number of hydrogen-bond acceptors (Lipinski definition) is 5. The Kier molecular flexibility index (Phi) is 4.64. The molecule has 0 aromatic carbocycles. The second-order valence-electron chi connectivity index (χ2n) is 3.91. The first kappa shape index (κ1) is 13.3. The van der Waals surface area contributed by atoms with Gasteiger partial charge in [-0.15, -0.1) is 22.6 Å². The second-order valence-corrected chi connectivity index (χ2v) is 4.75. The van der Waals surface area contributed by atoms with Crippen LogP contribution in [0.1, 0.15) is 26.2 Å². The maximum Gasteiger partial charge on any atom is 0.246 e. The van der Waals surface area contributed by atoms with Crippen LogP contribution in [-0.2, 0) is 4.79 Å². The fourth-order valence-electron chi connectivity index (χ4n) is 1.71. The first-order chi connectivity index (χ1) is 7.21. The van der Waals surface area contributed by atoms with Gasteiger partial charge in [-0.25, -0.2) is 0 Å². The zero-order valence-corrected chi connectivity index (χ0v) is 10.7. The molecule has 1 aliphatic heterocycles. The highest BCUT2D eigenvalue weighted by molar-refractivity contribution is 7.13. The molecule has 16 heavy (non-hydrogen) atoms. The number of nitrogens with zero attached hydrogens (tertiary/aromatic N) is 2. The number of rotatable bonds is 2. The van der Waals surface area contributed by atoms with Gasteiger partial charge in [-0.3, -0.25) is 10.1 Å². The Balaban J connectivity index is 0.00000128. The normalized spacial score (nSPS) is 24.6. The SMILES string of the molecule is CC1(C(=O)Nc2nncs2)CCCCN1.Cl. The first-order valence-corrected chi connectivity index (χ1v) is 5.91. The van der Waals surface area contributed by atoms with Gasteiger partial charge in [0, 0.05) is 0 Å². The largest absolute Gasteiger partial charge is 0.304 e. The molecule has 2 N–H and O–H groups in total. The minimum absolute atomic E-state index is 0. The van der Waals surface area contributed by atoms with E-state index in [4.69, 9.17) is 0 Å². The van der Waals surface area contributed by atoms with Crippen LogP contribution in [0, 0.1) is 0 Å². The molecule has 0 saturated carbocycles. The first-order valence-electron chi connectivity index (χ1n) is 5.03. The van der Waals surface area contributed by atoms with Crippen molar-refractivity contribution in [2.45, 2.75) is 31.7 Å². The quantitative estimate of drug-likeness (QED) is 0.846. The summed E-state index contributed by atoms with van der Waals surface area (Å²) in [6.07, 6.45) is 3.10. The summed E-state index contributed by atoms with van der Waals surface area (Å²) >= 11 is 1.33. The highest BCUT2D eigenvalue weighted by atomic mass is 35.5. The topological polar surface area (TPSA) is 66.9 Å². The maximum atomic E-state index is 12.0. The van der Waals surface area contributed by atoms with Gasteiger partial charge in [-0.2, -0.15) is 0 Å². The molecule has 0 spiro atoms. The molecule has 1 amide bonds. The smallest absolute Gasteiger partial charge is 0.246 e. The van der Waals surface area contributed by atoms with Crippen LogP contribution in [0.3, 0.4) is 0 Å². The maximum absolute atomic E-state index is 12.0. The van der Waals surface area contributed by atoms with Crippen molar-refractivity contribution in [1.82, 2.24) is 15.5 Å². The molecule has 1 unspecified atom stereocenters. The van der Waals surface area contributed by atoms with Gasteiger partial charge in [0.15, 0.2) is 0 Å². The highest BCUT2D eigenvalue weighted by Gasteiger charge is 2.34. The lowest BCUT2D eigenvalue weighted by Crippen LogP contribution is -2.54. The van der Waals surface area contributed by atoms with Crippen molar-refractivity contribution in [3.63, 3.8) is 0 Å². The summed E-state index contributed by atoms with van der Waals surface area (Å²) in [4.78, 5) is 12.0. The molecular formula is C9H15ClN4OS. The molecule has 2 rings (SSSR count). The van der Waals surface area contributed by atoms with Gasteiger partial charge in [0.25, 0.3) is 0 Å². The fraction of sp³-hybridized carbons (Fsp3) is 0.667. The molecule has 0 radical (unpaired) electrons. The van der Waals surface area contributed by atoms with E-state index in [1.165, 1.54) is 11.3 Å². The zero-order chi connectivity index (χ0) is 10.7. The molecule has 0 bridgehead atoms. The van der Waals surface area contributed by atoms with Gasteiger partial charge >= 0.3 is 0 Å². The molecule has 1 fully saturated rings. The lowest BCUT2D eigenvalue weighted by Gasteiger charge is -2.32. The predicted octanol–water partition coefficient (Wildman–Crippen LogP) is 1.43.